The Hall–Kier alpha value is -0.0800. The van der Waals surface area contributed by atoms with Crippen LogP contribution < -0.4 is 5.32 Å². The first-order chi connectivity index (χ1) is 6.68. The summed E-state index contributed by atoms with van der Waals surface area (Å²) >= 11 is 0. The largest absolute Gasteiger partial charge is 0.390 e. The fraction of sp³-hybridized carbons (Fsp3) is 1.00. The fourth-order valence-corrected chi connectivity index (χ4v) is 3.10. The molecule has 2 nitrogen and oxygen atoms in total. The Morgan fingerprint density at radius 1 is 1.14 bits per heavy atom. The summed E-state index contributed by atoms with van der Waals surface area (Å²) in [6.45, 7) is 4.27. The van der Waals surface area contributed by atoms with Crippen LogP contribution in [-0.4, -0.2) is 23.8 Å². The van der Waals surface area contributed by atoms with Crippen molar-refractivity contribution in [2.75, 3.05) is 13.1 Å². The minimum atomic E-state index is -0.346. The Labute approximate surface area is 87.1 Å². The van der Waals surface area contributed by atoms with Crippen LogP contribution in [0.1, 0.15) is 51.9 Å². The summed E-state index contributed by atoms with van der Waals surface area (Å²) in [7, 11) is 0. The van der Waals surface area contributed by atoms with Gasteiger partial charge in [0.1, 0.15) is 0 Å². The molecule has 0 bridgehead atoms. The molecule has 2 aliphatic rings. The molecule has 1 saturated carbocycles. The minimum absolute atomic E-state index is 0.346. The second kappa shape index (κ2) is 3.82. The molecule has 0 amide bonds. The molecule has 1 aliphatic carbocycles. The highest BCUT2D eigenvalue weighted by atomic mass is 16.3. The molecular formula is C12H23NO. The van der Waals surface area contributed by atoms with Crippen molar-refractivity contribution in [2.45, 2.75) is 57.5 Å². The maximum absolute atomic E-state index is 10.5. The first-order valence-corrected chi connectivity index (χ1v) is 6.11. The lowest BCUT2D eigenvalue weighted by atomic mass is 9.61. The van der Waals surface area contributed by atoms with E-state index < -0.39 is 0 Å². The van der Waals surface area contributed by atoms with Crippen molar-refractivity contribution < 1.29 is 5.11 Å². The molecule has 0 radical (unpaired) electrons. The predicted molar refractivity (Wildman–Crippen MR) is 58.2 cm³/mol. The lowest BCUT2D eigenvalue weighted by Gasteiger charge is -2.47. The highest BCUT2D eigenvalue weighted by Gasteiger charge is 2.43. The molecule has 82 valence electrons. The average Bonchev–Trinajstić information content (AvgIpc) is 2.13. The van der Waals surface area contributed by atoms with Crippen molar-refractivity contribution in [1.82, 2.24) is 5.32 Å². The van der Waals surface area contributed by atoms with E-state index in [1.807, 2.05) is 0 Å². The Balaban J connectivity index is 1.93. The molecule has 2 rings (SSSR count). The molecule has 2 heteroatoms. The van der Waals surface area contributed by atoms with Crippen molar-refractivity contribution >= 4 is 0 Å². The normalized spacial score (nSPS) is 29.6. The Kier molecular flexibility index (Phi) is 2.85. The van der Waals surface area contributed by atoms with Crippen molar-refractivity contribution in [3.05, 3.63) is 0 Å². The Morgan fingerprint density at radius 3 is 2.21 bits per heavy atom. The molecule has 1 aliphatic heterocycles. The van der Waals surface area contributed by atoms with Gasteiger partial charge in [-0.3, -0.25) is 0 Å². The molecule has 0 aromatic carbocycles. The minimum Gasteiger partial charge on any atom is -0.390 e. The average molecular weight is 197 g/mol. The second-order valence-electron chi connectivity index (χ2n) is 5.36. The lowest BCUT2D eigenvalue weighted by molar-refractivity contribution is -0.0590. The number of hydrogen-bond donors (Lipinski definition) is 2. The smallest absolute Gasteiger partial charge is 0.0677 e. The number of nitrogens with one attached hydrogen (secondary N) is 1. The third-order valence-corrected chi connectivity index (χ3v) is 4.40. The van der Waals surface area contributed by atoms with Gasteiger partial charge in [0.2, 0.25) is 0 Å². The molecular weight excluding hydrogens is 174 g/mol. The maximum Gasteiger partial charge on any atom is 0.0677 e. The van der Waals surface area contributed by atoms with Gasteiger partial charge in [0.05, 0.1) is 5.60 Å². The number of rotatable bonds is 3. The van der Waals surface area contributed by atoms with E-state index in [0.717, 1.165) is 32.4 Å². The summed E-state index contributed by atoms with van der Waals surface area (Å²) in [4.78, 5) is 0. The van der Waals surface area contributed by atoms with Crippen LogP contribution in [0.5, 0.6) is 0 Å². The van der Waals surface area contributed by atoms with Crippen molar-refractivity contribution in [3.63, 3.8) is 0 Å². The molecule has 1 heterocycles. The summed E-state index contributed by atoms with van der Waals surface area (Å²) in [5.74, 6) is 0. The fourth-order valence-electron chi connectivity index (χ4n) is 3.10. The Morgan fingerprint density at radius 2 is 1.79 bits per heavy atom. The highest BCUT2D eigenvalue weighted by Crippen LogP contribution is 2.50. The number of piperidine rings is 1. The van der Waals surface area contributed by atoms with Gasteiger partial charge >= 0.3 is 0 Å². The van der Waals surface area contributed by atoms with Crippen LogP contribution in [0.25, 0.3) is 0 Å². The molecule has 0 aromatic heterocycles. The van der Waals surface area contributed by atoms with Crippen LogP contribution in [0.15, 0.2) is 0 Å². The van der Waals surface area contributed by atoms with Crippen LogP contribution in [0.3, 0.4) is 0 Å². The van der Waals surface area contributed by atoms with E-state index >= 15 is 0 Å². The molecule has 0 atom stereocenters. The van der Waals surface area contributed by atoms with Gasteiger partial charge in [0.25, 0.3) is 0 Å². The molecule has 0 aromatic rings. The van der Waals surface area contributed by atoms with E-state index in [2.05, 4.69) is 12.2 Å². The van der Waals surface area contributed by atoms with Crippen molar-refractivity contribution in [3.8, 4) is 0 Å². The van der Waals surface area contributed by atoms with Crippen LogP contribution in [0, 0.1) is 5.41 Å². The molecule has 14 heavy (non-hydrogen) atoms. The zero-order valence-electron chi connectivity index (χ0n) is 9.31. The van der Waals surface area contributed by atoms with Crippen LogP contribution in [0.2, 0.25) is 0 Å². The van der Waals surface area contributed by atoms with Gasteiger partial charge in [-0.15, -0.1) is 0 Å². The van der Waals surface area contributed by atoms with E-state index in [1.54, 1.807) is 0 Å². The Bertz CT molecular complexity index is 187. The third-order valence-electron chi connectivity index (χ3n) is 4.40. The van der Waals surface area contributed by atoms with Crippen molar-refractivity contribution in [1.29, 1.82) is 0 Å². The zero-order chi connectivity index (χ0) is 10.1. The first kappa shape index (κ1) is 10.4. The maximum atomic E-state index is 10.5. The van der Waals surface area contributed by atoms with Gasteiger partial charge in [0.15, 0.2) is 0 Å². The lowest BCUT2D eigenvalue weighted by Crippen LogP contribution is -2.47. The molecule has 2 N–H and O–H groups in total. The summed E-state index contributed by atoms with van der Waals surface area (Å²) in [5, 5.41) is 13.8. The number of hydrogen-bond acceptors (Lipinski definition) is 2. The quantitative estimate of drug-likeness (QED) is 0.726. The summed E-state index contributed by atoms with van der Waals surface area (Å²) in [5.41, 5.74) is 0.160. The highest BCUT2D eigenvalue weighted by molar-refractivity contribution is 4.96. The third kappa shape index (κ3) is 1.96. The first-order valence-electron chi connectivity index (χ1n) is 6.11. The van der Waals surface area contributed by atoms with E-state index in [4.69, 9.17) is 0 Å². The SMILES string of the molecule is CCC1(CC2(O)CCNCC2)CCC1. The molecule has 0 spiro atoms. The van der Waals surface area contributed by atoms with Crippen LogP contribution in [-0.2, 0) is 0 Å². The topological polar surface area (TPSA) is 32.3 Å². The molecule has 1 saturated heterocycles. The van der Waals surface area contributed by atoms with Crippen molar-refractivity contribution in [2.24, 2.45) is 5.41 Å². The van der Waals surface area contributed by atoms with Gasteiger partial charge in [-0.1, -0.05) is 19.8 Å². The van der Waals surface area contributed by atoms with E-state index in [1.165, 1.54) is 25.7 Å². The summed E-state index contributed by atoms with van der Waals surface area (Å²) < 4.78 is 0. The van der Waals surface area contributed by atoms with E-state index in [9.17, 15) is 5.11 Å². The monoisotopic (exact) mass is 197 g/mol. The van der Waals surface area contributed by atoms with Gasteiger partial charge in [-0.05, 0) is 50.6 Å². The standard InChI is InChI=1S/C12H23NO/c1-2-11(4-3-5-11)10-12(14)6-8-13-9-7-12/h13-14H,2-10H2,1H3. The summed E-state index contributed by atoms with van der Waals surface area (Å²) in [6, 6.07) is 0. The molecule has 0 unspecified atom stereocenters. The van der Waals surface area contributed by atoms with Gasteiger partial charge in [-0.2, -0.15) is 0 Å². The van der Waals surface area contributed by atoms with E-state index in [-0.39, 0.29) is 5.60 Å². The second-order valence-corrected chi connectivity index (χ2v) is 5.36. The van der Waals surface area contributed by atoms with Gasteiger partial charge in [-0.25, -0.2) is 0 Å². The predicted octanol–water partition coefficient (Wildman–Crippen LogP) is 2.07. The van der Waals surface area contributed by atoms with Crippen LogP contribution >= 0.6 is 0 Å². The van der Waals surface area contributed by atoms with Crippen LogP contribution in [0.4, 0.5) is 0 Å². The zero-order valence-corrected chi connectivity index (χ0v) is 9.31. The van der Waals surface area contributed by atoms with E-state index in [0.29, 0.717) is 5.41 Å². The van der Waals surface area contributed by atoms with Gasteiger partial charge in [0, 0.05) is 0 Å². The summed E-state index contributed by atoms with van der Waals surface area (Å²) in [6.07, 6.45) is 8.28. The molecule has 2 fully saturated rings. The van der Waals surface area contributed by atoms with Gasteiger partial charge < -0.3 is 10.4 Å². The number of aliphatic hydroxyl groups is 1.